The van der Waals surface area contributed by atoms with Crippen molar-refractivity contribution in [1.29, 1.82) is 0 Å². The van der Waals surface area contributed by atoms with E-state index in [2.05, 4.69) is 34.0 Å². The number of hydrogen-bond acceptors (Lipinski definition) is 9. The van der Waals surface area contributed by atoms with Gasteiger partial charge in [-0.05, 0) is 42.7 Å². The SMILES string of the molecule is CCSC(=Nc1nc(C)ncc1CSc1nnc(-c2ccc(Cl)cc2)o1)SCC. The molecule has 0 unspecified atom stereocenters. The van der Waals surface area contributed by atoms with Crippen molar-refractivity contribution in [2.45, 2.75) is 31.7 Å². The van der Waals surface area contributed by atoms with Gasteiger partial charge in [0.15, 0.2) is 5.82 Å². The Morgan fingerprint density at radius 1 is 1.10 bits per heavy atom. The van der Waals surface area contributed by atoms with Crippen LogP contribution in [0.25, 0.3) is 11.5 Å². The monoisotopic (exact) mass is 465 g/mol. The Morgan fingerprint density at radius 2 is 1.83 bits per heavy atom. The third-order valence-electron chi connectivity index (χ3n) is 3.54. The minimum atomic E-state index is 0.462. The van der Waals surface area contributed by atoms with Crippen LogP contribution in [0.2, 0.25) is 5.02 Å². The summed E-state index contributed by atoms with van der Waals surface area (Å²) in [5, 5.41) is 9.39. The fraction of sp³-hybridized carbons (Fsp3) is 0.316. The van der Waals surface area contributed by atoms with Gasteiger partial charge in [0.05, 0.1) is 0 Å². The topological polar surface area (TPSA) is 77.1 Å². The summed E-state index contributed by atoms with van der Waals surface area (Å²) in [7, 11) is 0. The van der Waals surface area contributed by atoms with Crippen molar-refractivity contribution in [3.8, 4) is 11.5 Å². The number of aryl methyl sites for hydroxylation is 1. The van der Waals surface area contributed by atoms with Crippen LogP contribution in [0, 0.1) is 6.92 Å². The van der Waals surface area contributed by atoms with Crippen molar-refractivity contribution in [2.24, 2.45) is 4.99 Å². The highest BCUT2D eigenvalue weighted by molar-refractivity contribution is 8.38. The number of thioether (sulfide) groups is 3. The lowest BCUT2D eigenvalue weighted by Gasteiger charge is -2.07. The van der Waals surface area contributed by atoms with Gasteiger partial charge in [-0.1, -0.05) is 60.7 Å². The molecule has 10 heteroatoms. The van der Waals surface area contributed by atoms with Gasteiger partial charge in [0.2, 0.25) is 5.89 Å². The fourth-order valence-corrected chi connectivity index (χ4v) is 4.92. The summed E-state index contributed by atoms with van der Waals surface area (Å²) in [5.41, 5.74) is 1.76. The first-order chi connectivity index (χ1) is 14.1. The van der Waals surface area contributed by atoms with E-state index in [1.807, 2.05) is 25.3 Å². The van der Waals surface area contributed by atoms with Crippen LogP contribution in [-0.2, 0) is 5.75 Å². The third-order valence-corrected chi connectivity index (χ3v) is 6.62. The van der Waals surface area contributed by atoms with E-state index in [1.54, 1.807) is 35.7 Å². The molecule has 0 atom stereocenters. The van der Waals surface area contributed by atoms with Crippen molar-refractivity contribution in [3.63, 3.8) is 0 Å². The molecule has 0 radical (unpaired) electrons. The number of rotatable bonds is 7. The lowest BCUT2D eigenvalue weighted by Crippen LogP contribution is -1.95. The van der Waals surface area contributed by atoms with E-state index in [4.69, 9.17) is 21.0 Å². The van der Waals surface area contributed by atoms with Gasteiger partial charge in [0.1, 0.15) is 10.2 Å². The first kappa shape index (κ1) is 22.1. The van der Waals surface area contributed by atoms with Crippen LogP contribution in [0.4, 0.5) is 5.82 Å². The Labute approximate surface area is 187 Å². The number of hydrogen-bond donors (Lipinski definition) is 0. The van der Waals surface area contributed by atoms with Crippen molar-refractivity contribution in [3.05, 3.63) is 46.9 Å². The van der Waals surface area contributed by atoms with E-state index in [0.29, 0.717) is 33.5 Å². The Morgan fingerprint density at radius 3 is 2.52 bits per heavy atom. The summed E-state index contributed by atoms with van der Waals surface area (Å²) < 4.78 is 6.78. The maximum atomic E-state index is 5.93. The zero-order valence-corrected chi connectivity index (χ0v) is 19.5. The Kier molecular flexibility index (Phi) is 8.40. The summed E-state index contributed by atoms with van der Waals surface area (Å²) in [6.07, 6.45) is 1.81. The van der Waals surface area contributed by atoms with Gasteiger partial charge >= 0.3 is 0 Å². The summed E-state index contributed by atoms with van der Waals surface area (Å²) in [4.78, 5) is 13.6. The molecule has 0 saturated carbocycles. The number of benzene rings is 1. The lowest BCUT2D eigenvalue weighted by molar-refractivity contribution is 0.466. The van der Waals surface area contributed by atoms with Gasteiger partial charge in [-0.3, -0.25) is 0 Å². The number of halogens is 1. The molecule has 0 aliphatic carbocycles. The first-order valence-electron chi connectivity index (χ1n) is 8.98. The second-order valence-corrected chi connectivity index (χ2v) is 9.81. The molecule has 2 aromatic heterocycles. The normalized spacial score (nSPS) is 10.9. The molecular weight excluding hydrogens is 446 g/mol. The van der Waals surface area contributed by atoms with Crippen molar-refractivity contribution in [1.82, 2.24) is 20.2 Å². The average molecular weight is 466 g/mol. The Balaban J connectivity index is 1.75. The molecule has 0 saturated heterocycles. The summed E-state index contributed by atoms with van der Waals surface area (Å²) in [6.45, 7) is 6.10. The highest BCUT2D eigenvalue weighted by atomic mass is 35.5. The second kappa shape index (κ2) is 11.0. The van der Waals surface area contributed by atoms with Crippen LogP contribution in [0.5, 0.6) is 0 Å². The van der Waals surface area contributed by atoms with Crippen LogP contribution >= 0.6 is 46.9 Å². The number of nitrogens with zero attached hydrogens (tertiary/aromatic N) is 5. The predicted octanol–water partition coefficient (Wildman–Crippen LogP) is 6.27. The summed E-state index contributed by atoms with van der Waals surface area (Å²) in [5.74, 6) is 4.37. The molecule has 0 fully saturated rings. The predicted molar refractivity (Wildman–Crippen MR) is 124 cm³/mol. The zero-order valence-electron chi connectivity index (χ0n) is 16.3. The quantitative estimate of drug-likeness (QED) is 0.229. The van der Waals surface area contributed by atoms with E-state index in [0.717, 1.165) is 27.0 Å². The largest absolute Gasteiger partial charge is 0.411 e. The zero-order chi connectivity index (χ0) is 20.6. The molecule has 152 valence electrons. The van der Waals surface area contributed by atoms with E-state index < -0.39 is 0 Å². The molecule has 3 rings (SSSR count). The van der Waals surface area contributed by atoms with Gasteiger partial charge in [-0.15, -0.1) is 10.2 Å². The molecule has 1 aromatic carbocycles. The minimum Gasteiger partial charge on any atom is -0.411 e. The van der Waals surface area contributed by atoms with Gasteiger partial charge in [-0.25, -0.2) is 15.0 Å². The molecule has 6 nitrogen and oxygen atoms in total. The van der Waals surface area contributed by atoms with Crippen LogP contribution < -0.4 is 0 Å². The van der Waals surface area contributed by atoms with Crippen LogP contribution in [0.3, 0.4) is 0 Å². The summed E-state index contributed by atoms with van der Waals surface area (Å²) >= 11 is 10.8. The standard InChI is InChI=1S/C19H20ClN5OS3/c1-4-27-19(28-5-2)23-16-14(10-21-12(3)22-16)11-29-18-25-24-17(26-18)13-6-8-15(20)9-7-13/h6-10H,4-5,11H2,1-3H3. The second-order valence-electron chi connectivity index (χ2n) is 5.68. The van der Waals surface area contributed by atoms with Gasteiger partial charge < -0.3 is 4.42 Å². The van der Waals surface area contributed by atoms with Crippen LogP contribution in [0.15, 0.2) is 45.1 Å². The Hall–Kier alpha value is -1.55. The lowest BCUT2D eigenvalue weighted by atomic mass is 10.2. The Bertz CT molecular complexity index is 970. The van der Waals surface area contributed by atoms with Crippen molar-refractivity contribution >= 4 is 57.1 Å². The molecular formula is C19H20ClN5OS3. The molecule has 0 bridgehead atoms. The molecule has 3 aromatic rings. The molecule has 0 amide bonds. The number of aliphatic imine (C=N–C) groups is 1. The maximum absolute atomic E-state index is 5.93. The molecule has 0 aliphatic rings. The maximum Gasteiger partial charge on any atom is 0.277 e. The van der Waals surface area contributed by atoms with E-state index in [9.17, 15) is 0 Å². The smallest absolute Gasteiger partial charge is 0.277 e. The van der Waals surface area contributed by atoms with Crippen molar-refractivity contribution < 1.29 is 4.42 Å². The molecule has 0 N–H and O–H groups in total. The van der Waals surface area contributed by atoms with Crippen LogP contribution in [0.1, 0.15) is 25.2 Å². The highest BCUT2D eigenvalue weighted by Gasteiger charge is 2.13. The minimum absolute atomic E-state index is 0.462. The van der Waals surface area contributed by atoms with E-state index in [-0.39, 0.29) is 0 Å². The molecule has 2 heterocycles. The first-order valence-corrected chi connectivity index (χ1v) is 12.3. The van der Waals surface area contributed by atoms with Gasteiger partial charge in [0, 0.05) is 28.1 Å². The molecule has 0 spiro atoms. The molecule has 0 aliphatic heterocycles. The molecule has 29 heavy (non-hydrogen) atoms. The van der Waals surface area contributed by atoms with E-state index in [1.165, 1.54) is 11.8 Å². The fourth-order valence-electron chi connectivity index (χ4n) is 2.24. The van der Waals surface area contributed by atoms with Crippen molar-refractivity contribution in [2.75, 3.05) is 11.5 Å². The van der Waals surface area contributed by atoms with Gasteiger partial charge in [-0.2, -0.15) is 0 Å². The highest BCUT2D eigenvalue weighted by Crippen LogP contribution is 2.30. The van der Waals surface area contributed by atoms with Gasteiger partial charge in [0.25, 0.3) is 5.22 Å². The third kappa shape index (κ3) is 6.47. The van der Waals surface area contributed by atoms with Crippen LogP contribution in [-0.4, -0.2) is 36.0 Å². The average Bonchev–Trinajstić information content (AvgIpc) is 3.17. The summed E-state index contributed by atoms with van der Waals surface area (Å²) in [6, 6.07) is 7.29. The number of aromatic nitrogens is 4. The van der Waals surface area contributed by atoms with E-state index >= 15 is 0 Å².